The number of fused-ring (bicyclic) bond motifs is 1. The number of nitrogens with one attached hydrogen (secondary N) is 1. The van der Waals surface area contributed by atoms with Gasteiger partial charge in [0.2, 0.25) is 0 Å². The number of hydrogen-bond acceptors (Lipinski definition) is 3. The van der Waals surface area contributed by atoms with Crippen LogP contribution in [0.5, 0.6) is 5.75 Å². The molecular formula is C10H9BrN2O2. The van der Waals surface area contributed by atoms with E-state index in [-0.39, 0.29) is 5.56 Å². The van der Waals surface area contributed by atoms with Crippen molar-refractivity contribution in [3.63, 3.8) is 0 Å². The molecule has 0 atom stereocenters. The molecule has 0 aliphatic rings. The summed E-state index contributed by atoms with van der Waals surface area (Å²) in [5, 5.41) is 0.532. The fourth-order valence-corrected chi connectivity index (χ4v) is 1.78. The van der Waals surface area contributed by atoms with E-state index in [1.807, 2.05) is 6.92 Å². The van der Waals surface area contributed by atoms with Crippen LogP contribution in [0.2, 0.25) is 0 Å². The molecule has 1 heterocycles. The molecule has 0 bridgehead atoms. The Hall–Kier alpha value is -1.36. The third-order valence-electron chi connectivity index (χ3n) is 1.99. The number of benzene rings is 1. The van der Waals surface area contributed by atoms with E-state index in [1.54, 1.807) is 12.1 Å². The lowest BCUT2D eigenvalue weighted by Crippen LogP contribution is -2.06. The van der Waals surface area contributed by atoms with Crippen molar-refractivity contribution < 1.29 is 4.74 Å². The van der Waals surface area contributed by atoms with Crippen LogP contribution >= 0.6 is 15.9 Å². The molecule has 4 nitrogen and oxygen atoms in total. The molecule has 0 aliphatic carbocycles. The molecule has 0 radical (unpaired) electrons. The monoisotopic (exact) mass is 268 g/mol. The van der Waals surface area contributed by atoms with E-state index in [0.29, 0.717) is 23.3 Å². The zero-order valence-corrected chi connectivity index (χ0v) is 9.67. The van der Waals surface area contributed by atoms with Crippen LogP contribution in [0.4, 0.5) is 0 Å². The van der Waals surface area contributed by atoms with Crippen LogP contribution in [-0.2, 0) is 0 Å². The molecule has 1 N–H and O–H groups in total. The van der Waals surface area contributed by atoms with E-state index in [2.05, 4.69) is 25.9 Å². The molecule has 2 aromatic rings. The first kappa shape index (κ1) is 10.2. The molecule has 15 heavy (non-hydrogen) atoms. The topological polar surface area (TPSA) is 55.0 Å². The number of halogens is 1. The van der Waals surface area contributed by atoms with Crippen LogP contribution in [0.15, 0.2) is 27.7 Å². The molecule has 0 saturated heterocycles. The molecule has 0 aliphatic heterocycles. The summed E-state index contributed by atoms with van der Waals surface area (Å²) in [6.45, 7) is 2.45. The van der Waals surface area contributed by atoms with Crippen LogP contribution in [0.1, 0.15) is 6.92 Å². The van der Waals surface area contributed by atoms with Gasteiger partial charge in [0.1, 0.15) is 5.75 Å². The van der Waals surface area contributed by atoms with Crippen molar-refractivity contribution in [1.29, 1.82) is 0 Å². The lowest BCUT2D eigenvalue weighted by atomic mass is 10.2. The normalized spacial score (nSPS) is 10.5. The second kappa shape index (κ2) is 4.02. The maximum absolute atomic E-state index is 11.5. The van der Waals surface area contributed by atoms with Crippen LogP contribution in [0.25, 0.3) is 10.9 Å². The van der Waals surface area contributed by atoms with Gasteiger partial charge in [0.15, 0.2) is 0 Å². The second-order valence-electron chi connectivity index (χ2n) is 2.96. The van der Waals surface area contributed by atoms with Crippen LogP contribution in [0, 0.1) is 0 Å². The maximum atomic E-state index is 11.5. The predicted octanol–water partition coefficient (Wildman–Crippen LogP) is 2.08. The summed E-state index contributed by atoms with van der Waals surface area (Å²) in [4.78, 5) is 18.1. The van der Waals surface area contributed by atoms with Gasteiger partial charge in [-0.05, 0) is 35.0 Å². The number of ether oxygens (including phenoxy) is 1. The molecule has 0 saturated carbocycles. The molecule has 0 spiro atoms. The van der Waals surface area contributed by atoms with E-state index in [0.717, 1.165) is 4.47 Å². The third kappa shape index (κ3) is 1.87. The van der Waals surface area contributed by atoms with Gasteiger partial charge in [-0.2, -0.15) is 0 Å². The highest BCUT2D eigenvalue weighted by atomic mass is 79.9. The van der Waals surface area contributed by atoms with Gasteiger partial charge in [-0.1, -0.05) is 0 Å². The minimum Gasteiger partial charge on any atom is -0.493 e. The summed E-state index contributed by atoms with van der Waals surface area (Å²) in [6.07, 6.45) is 1.39. The summed E-state index contributed by atoms with van der Waals surface area (Å²) in [6, 6.07) is 3.46. The molecule has 5 heteroatoms. The van der Waals surface area contributed by atoms with E-state index >= 15 is 0 Å². The Labute approximate surface area is 94.4 Å². The van der Waals surface area contributed by atoms with Crippen molar-refractivity contribution >= 4 is 26.8 Å². The minimum absolute atomic E-state index is 0.159. The summed E-state index contributed by atoms with van der Waals surface area (Å²) >= 11 is 3.37. The standard InChI is InChI=1S/C10H9BrN2O2/c1-2-15-9-3-6-8(4-7(9)11)12-5-13-10(6)14/h3-5H,2H2,1H3,(H,12,13,14). The van der Waals surface area contributed by atoms with Crippen molar-refractivity contribution in [3.05, 3.63) is 33.3 Å². The Balaban J connectivity index is 2.72. The average molecular weight is 269 g/mol. The molecule has 78 valence electrons. The van der Waals surface area contributed by atoms with Gasteiger partial charge >= 0.3 is 0 Å². The van der Waals surface area contributed by atoms with Gasteiger partial charge in [0, 0.05) is 0 Å². The summed E-state index contributed by atoms with van der Waals surface area (Å²) in [5.41, 5.74) is 0.488. The third-order valence-corrected chi connectivity index (χ3v) is 2.61. The van der Waals surface area contributed by atoms with Crippen molar-refractivity contribution in [2.75, 3.05) is 6.61 Å². The Morgan fingerprint density at radius 1 is 1.53 bits per heavy atom. The molecule has 1 aromatic heterocycles. The summed E-state index contributed by atoms with van der Waals surface area (Å²) < 4.78 is 6.17. The van der Waals surface area contributed by atoms with Gasteiger partial charge < -0.3 is 9.72 Å². The quantitative estimate of drug-likeness (QED) is 0.908. The van der Waals surface area contributed by atoms with E-state index in [4.69, 9.17) is 4.74 Å². The first-order chi connectivity index (χ1) is 7.22. The smallest absolute Gasteiger partial charge is 0.258 e. The van der Waals surface area contributed by atoms with Crippen molar-refractivity contribution in [1.82, 2.24) is 9.97 Å². The number of rotatable bonds is 2. The Morgan fingerprint density at radius 3 is 3.07 bits per heavy atom. The summed E-state index contributed by atoms with van der Waals surface area (Å²) in [5.74, 6) is 0.656. The predicted molar refractivity (Wildman–Crippen MR) is 61.2 cm³/mol. The fraction of sp³-hybridized carbons (Fsp3) is 0.200. The van der Waals surface area contributed by atoms with Gasteiger partial charge in [-0.15, -0.1) is 0 Å². The van der Waals surface area contributed by atoms with E-state index in [9.17, 15) is 4.79 Å². The fourth-order valence-electron chi connectivity index (χ4n) is 1.34. The largest absolute Gasteiger partial charge is 0.493 e. The maximum Gasteiger partial charge on any atom is 0.258 e. The zero-order chi connectivity index (χ0) is 10.8. The molecule has 2 rings (SSSR count). The lowest BCUT2D eigenvalue weighted by Gasteiger charge is -2.06. The van der Waals surface area contributed by atoms with Gasteiger partial charge in [0.05, 0.1) is 28.3 Å². The van der Waals surface area contributed by atoms with Crippen LogP contribution in [0.3, 0.4) is 0 Å². The van der Waals surface area contributed by atoms with Gasteiger partial charge in [-0.25, -0.2) is 4.98 Å². The van der Waals surface area contributed by atoms with E-state index in [1.165, 1.54) is 6.33 Å². The average Bonchev–Trinajstić information content (AvgIpc) is 2.21. The SMILES string of the molecule is CCOc1cc2c(=O)[nH]cnc2cc1Br. The van der Waals surface area contributed by atoms with Crippen LogP contribution < -0.4 is 10.3 Å². The summed E-state index contributed by atoms with van der Waals surface area (Å²) in [7, 11) is 0. The molecule has 0 fully saturated rings. The number of hydrogen-bond donors (Lipinski definition) is 1. The molecule has 1 aromatic carbocycles. The lowest BCUT2D eigenvalue weighted by molar-refractivity contribution is 0.338. The number of H-pyrrole nitrogens is 1. The number of aromatic nitrogens is 2. The Kier molecular flexibility index (Phi) is 2.73. The van der Waals surface area contributed by atoms with Crippen molar-refractivity contribution in [2.24, 2.45) is 0 Å². The second-order valence-corrected chi connectivity index (χ2v) is 3.82. The van der Waals surface area contributed by atoms with Crippen molar-refractivity contribution in [2.45, 2.75) is 6.92 Å². The molecule has 0 amide bonds. The van der Waals surface area contributed by atoms with Crippen LogP contribution in [-0.4, -0.2) is 16.6 Å². The Bertz CT molecular complexity index is 551. The number of aromatic amines is 1. The highest BCUT2D eigenvalue weighted by Gasteiger charge is 2.06. The first-order valence-corrected chi connectivity index (χ1v) is 5.31. The highest BCUT2D eigenvalue weighted by Crippen LogP contribution is 2.27. The molecular weight excluding hydrogens is 260 g/mol. The van der Waals surface area contributed by atoms with Crippen molar-refractivity contribution in [3.8, 4) is 5.75 Å². The zero-order valence-electron chi connectivity index (χ0n) is 8.08. The Morgan fingerprint density at radius 2 is 2.33 bits per heavy atom. The number of nitrogens with zero attached hydrogens (tertiary/aromatic N) is 1. The van der Waals surface area contributed by atoms with Gasteiger partial charge in [-0.3, -0.25) is 4.79 Å². The van der Waals surface area contributed by atoms with Gasteiger partial charge in [0.25, 0.3) is 5.56 Å². The highest BCUT2D eigenvalue weighted by molar-refractivity contribution is 9.10. The minimum atomic E-state index is -0.159. The van der Waals surface area contributed by atoms with E-state index < -0.39 is 0 Å². The first-order valence-electron chi connectivity index (χ1n) is 4.52. The molecule has 0 unspecified atom stereocenters.